The van der Waals surface area contributed by atoms with Crippen molar-refractivity contribution in [2.24, 2.45) is 0 Å². The van der Waals surface area contributed by atoms with Gasteiger partial charge in [-0.15, -0.1) is 0 Å². The van der Waals surface area contributed by atoms with Crippen molar-refractivity contribution in [3.63, 3.8) is 0 Å². The summed E-state index contributed by atoms with van der Waals surface area (Å²) < 4.78 is 1.51. The fraction of sp³-hybridized carbons (Fsp3) is 0.389. The van der Waals surface area contributed by atoms with Crippen molar-refractivity contribution in [1.29, 1.82) is 0 Å². The van der Waals surface area contributed by atoms with Crippen LogP contribution in [0.2, 0.25) is 0 Å². The van der Waals surface area contributed by atoms with Crippen LogP contribution < -0.4 is 16.2 Å². The molecule has 0 atom stereocenters. The fourth-order valence-corrected chi connectivity index (χ4v) is 2.33. The SMILES string of the molecule is Cc1ncn(CCNC(=O)NCCCc2ccccc2)c(=O)c1C. The maximum atomic E-state index is 12.0. The molecule has 0 radical (unpaired) electrons. The highest BCUT2D eigenvalue weighted by Gasteiger charge is 2.04. The largest absolute Gasteiger partial charge is 0.338 e. The molecule has 1 heterocycles. The Balaban J connectivity index is 1.65. The Labute approximate surface area is 141 Å². The van der Waals surface area contributed by atoms with Crippen LogP contribution in [0.1, 0.15) is 23.2 Å². The summed E-state index contributed by atoms with van der Waals surface area (Å²) >= 11 is 0. The van der Waals surface area contributed by atoms with Gasteiger partial charge in [-0.25, -0.2) is 9.78 Å². The molecule has 6 nitrogen and oxygen atoms in total. The summed E-state index contributed by atoms with van der Waals surface area (Å²) in [5.74, 6) is 0. The van der Waals surface area contributed by atoms with Crippen LogP contribution in [0.4, 0.5) is 4.79 Å². The molecule has 2 aromatic rings. The number of rotatable bonds is 7. The second kappa shape index (κ2) is 8.86. The van der Waals surface area contributed by atoms with Gasteiger partial charge in [-0.05, 0) is 32.3 Å². The number of carbonyl (C=O) groups excluding carboxylic acids is 1. The lowest BCUT2D eigenvalue weighted by molar-refractivity contribution is 0.240. The highest BCUT2D eigenvalue weighted by molar-refractivity contribution is 5.73. The molecule has 0 spiro atoms. The van der Waals surface area contributed by atoms with Crippen molar-refractivity contribution in [2.45, 2.75) is 33.2 Å². The van der Waals surface area contributed by atoms with Gasteiger partial charge in [0.2, 0.25) is 0 Å². The molecule has 0 saturated heterocycles. The number of amides is 2. The molecule has 6 heteroatoms. The van der Waals surface area contributed by atoms with Crippen LogP contribution in [-0.2, 0) is 13.0 Å². The molecule has 1 aromatic heterocycles. The number of carbonyl (C=O) groups is 1. The first-order chi connectivity index (χ1) is 11.6. The molecule has 0 unspecified atom stereocenters. The van der Waals surface area contributed by atoms with Gasteiger partial charge in [0.25, 0.3) is 5.56 Å². The average molecular weight is 328 g/mol. The lowest BCUT2D eigenvalue weighted by Gasteiger charge is -2.10. The van der Waals surface area contributed by atoms with Gasteiger partial charge in [0.1, 0.15) is 0 Å². The summed E-state index contributed by atoms with van der Waals surface area (Å²) in [6.07, 6.45) is 3.34. The number of urea groups is 1. The van der Waals surface area contributed by atoms with Gasteiger partial charge in [-0.3, -0.25) is 9.36 Å². The van der Waals surface area contributed by atoms with Crippen molar-refractivity contribution in [2.75, 3.05) is 13.1 Å². The van der Waals surface area contributed by atoms with Crippen LogP contribution in [0.15, 0.2) is 41.5 Å². The topological polar surface area (TPSA) is 76.0 Å². The van der Waals surface area contributed by atoms with Gasteiger partial charge in [-0.2, -0.15) is 0 Å². The molecule has 1 aromatic carbocycles. The molecule has 0 saturated carbocycles. The Morgan fingerprint density at radius 1 is 1.12 bits per heavy atom. The summed E-state index contributed by atoms with van der Waals surface area (Å²) in [7, 11) is 0. The van der Waals surface area contributed by atoms with Crippen LogP contribution in [0.3, 0.4) is 0 Å². The molecule has 2 amide bonds. The standard InChI is InChI=1S/C18H24N4O2/c1-14-15(2)21-13-22(17(14)23)12-11-20-18(24)19-10-6-9-16-7-4-3-5-8-16/h3-5,7-8,13H,6,9-12H2,1-2H3,(H2,19,20,24). The van der Waals surface area contributed by atoms with E-state index in [9.17, 15) is 9.59 Å². The quantitative estimate of drug-likeness (QED) is 0.761. The van der Waals surface area contributed by atoms with Gasteiger partial charge in [0, 0.05) is 30.9 Å². The molecule has 2 N–H and O–H groups in total. The number of hydrogen-bond acceptors (Lipinski definition) is 3. The van der Waals surface area contributed by atoms with E-state index in [-0.39, 0.29) is 11.6 Å². The minimum Gasteiger partial charge on any atom is -0.338 e. The molecule has 2 rings (SSSR count). The Bertz CT molecular complexity index is 726. The number of aromatic nitrogens is 2. The number of nitrogens with zero attached hydrogens (tertiary/aromatic N) is 2. The van der Waals surface area contributed by atoms with Crippen LogP contribution in [0, 0.1) is 13.8 Å². The Kier molecular flexibility index (Phi) is 6.54. The number of aryl methyl sites for hydroxylation is 2. The maximum Gasteiger partial charge on any atom is 0.314 e. The Morgan fingerprint density at radius 3 is 2.58 bits per heavy atom. The van der Waals surface area contributed by atoms with Crippen LogP contribution >= 0.6 is 0 Å². The minimum absolute atomic E-state index is 0.0624. The van der Waals surface area contributed by atoms with Crippen molar-refractivity contribution >= 4 is 6.03 Å². The van der Waals surface area contributed by atoms with E-state index >= 15 is 0 Å². The first-order valence-corrected chi connectivity index (χ1v) is 8.16. The molecule has 24 heavy (non-hydrogen) atoms. The first kappa shape index (κ1) is 17.7. The van der Waals surface area contributed by atoms with E-state index in [1.807, 2.05) is 25.1 Å². The van der Waals surface area contributed by atoms with Crippen LogP contribution in [0.5, 0.6) is 0 Å². The van der Waals surface area contributed by atoms with Gasteiger partial charge in [0.15, 0.2) is 0 Å². The second-order valence-corrected chi connectivity index (χ2v) is 5.73. The van der Waals surface area contributed by atoms with Crippen LogP contribution in [0.25, 0.3) is 0 Å². The van der Waals surface area contributed by atoms with Crippen LogP contribution in [-0.4, -0.2) is 28.7 Å². The summed E-state index contributed by atoms with van der Waals surface area (Å²) in [4.78, 5) is 27.9. The average Bonchev–Trinajstić information content (AvgIpc) is 2.60. The second-order valence-electron chi connectivity index (χ2n) is 5.73. The predicted molar refractivity (Wildman–Crippen MR) is 94.1 cm³/mol. The molecule has 0 aliphatic carbocycles. The molecule has 0 bridgehead atoms. The van der Waals surface area contributed by atoms with E-state index in [0.29, 0.717) is 25.2 Å². The lowest BCUT2D eigenvalue weighted by Crippen LogP contribution is -2.39. The lowest BCUT2D eigenvalue weighted by atomic mass is 10.1. The van der Waals surface area contributed by atoms with E-state index in [0.717, 1.165) is 18.5 Å². The normalized spacial score (nSPS) is 10.4. The highest BCUT2D eigenvalue weighted by Crippen LogP contribution is 2.01. The third-order valence-electron chi connectivity index (χ3n) is 3.92. The Hall–Kier alpha value is -2.63. The smallest absolute Gasteiger partial charge is 0.314 e. The van der Waals surface area contributed by atoms with Gasteiger partial charge in [-0.1, -0.05) is 30.3 Å². The van der Waals surface area contributed by atoms with Gasteiger partial charge < -0.3 is 10.6 Å². The van der Waals surface area contributed by atoms with Crippen molar-refractivity contribution in [3.05, 3.63) is 63.8 Å². The first-order valence-electron chi connectivity index (χ1n) is 8.16. The highest BCUT2D eigenvalue weighted by atomic mass is 16.2. The van der Waals surface area contributed by atoms with Crippen molar-refractivity contribution in [1.82, 2.24) is 20.2 Å². The van der Waals surface area contributed by atoms with Gasteiger partial charge in [0.05, 0.1) is 6.33 Å². The molecule has 128 valence electrons. The summed E-state index contributed by atoms with van der Waals surface area (Å²) in [5.41, 5.74) is 2.58. The van der Waals surface area contributed by atoms with Crippen molar-refractivity contribution in [3.8, 4) is 0 Å². The summed E-state index contributed by atoms with van der Waals surface area (Å²) in [5, 5.41) is 5.57. The zero-order valence-corrected chi connectivity index (χ0v) is 14.2. The third-order valence-corrected chi connectivity index (χ3v) is 3.92. The fourth-order valence-electron chi connectivity index (χ4n) is 2.33. The molecule has 0 fully saturated rings. The molecule has 0 aliphatic rings. The van der Waals surface area contributed by atoms with E-state index in [2.05, 4.69) is 27.8 Å². The number of benzene rings is 1. The summed E-state index contributed by atoms with van der Waals surface area (Å²) in [6.45, 7) is 4.97. The number of hydrogen-bond donors (Lipinski definition) is 2. The zero-order valence-electron chi connectivity index (χ0n) is 14.2. The molecular formula is C18H24N4O2. The predicted octanol–water partition coefficient (Wildman–Crippen LogP) is 1.79. The summed E-state index contributed by atoms with van der Waals surface area (Å²) in [6, 6.07) is 9.96. The number of nitrogens with one attached hydrogen (secondary N) is 2. The van der Waals surface area contributed by atoms with E-state index in [1.54, 1.807) is 6.92 Å². The zero-order chi connectivity index (χ0) is 17.4. The Morgan fingerprint density at radius 2 is 1.83 bits per heavy atom. The minimum atomic E-state index is -0.215. The maximum absolute atomic E-state index is 12.0. The molecule has 0 aliphatic heterocycles. The van der Waals surface area contributed by atoms with E-state index < -0.39 is 0 Å². The van der Waals surface area contributed by atoms with Gasteiger partial charge >= 0.3 is 6.03 Å². The third kappa shape index (κ3) is 5.22. The monoisotopic (exact) mass is 328 g/mol. The van der Waals surface area contributed by atoms with E-state index in [1.165, 1.54) is 16.5 Å². The van der Waals surface area contributed by atoms with Crippen molar-refractivity contribution < 1.29 is 4.79 Å². The molecular weight excluding hydrogens is 304 g/mol. The van der Waals surface area contributed by atoms with E-state index in [4.69, 9.17) is 0 Å².